The summed E-state index contributed by atoms with van der Waals surface area (Å²) in [4.78, 5) is 4.23. The van der Waals surface area contributed by atoms with E-state index in [9.17, 15) is 10.2 Å². The second kappa shape index (κ2) is 6.61. The van der Waals surface area contributed by atoms with Crippen LogP contribution in [0.3, 0.4) is 0 Å². The molecule has 0 aliphatic carbocycles. The first-order valence-electron chi connectivity index (χ1n) is 6.48. The van der Waals surface area contributed by atoms with Crippen LogP contribution in [0.5, 0.6) is 17.2 Å². The van der Waals surface area contributed by atoms with Crippen LogP contribution in [0.15, 0.2) is 47.5 Å². The summed E-state index contributed by atoms with van der Waals surface area (Å²) in [6.45, 7) is 2.65. The number of nitrogens with zero attached hydrogens (tertiary/aromatic N) is 1. The van der Waals surface area contributed by atoms with Crippen molar-refractivity contribution in [1.82, 2.24) is 0 Å². The predicted molar refractivity (Wildman–Crippen MR) is 79.3 cm³/mol. The summed E-state index contributed by atoms with van der Waals surface area (Å²) < 4.78 is 5.43. The van der Waals surface area contributed by atoms with Gasteiger partial charge in [-0.2, -0.15) is 0 Å². The van der Waals surface area contributed by atoms with Crippen molar-refractivity contribution in [3.05, 3.63) is 48.0 Å². The molecule has 0 aromatic heterocycles. The number of ether oxygens (including phenoxy) is 1. The monoisotopic (exact) mass is 271 g/mol. The van der Waals surface area contributed by atoms with Crippen molar-refractivity contribution < 1.29 is 14.9 Å². The highest BCUT2D eigenvalue weighted by atomic mass is 16.5. The first-order valence-corrected chi connectivity index (χ1v) is 6.48. The van der Waals surface area contributed by atoms with Crippen LogP contribution in [0.25, 0.3) is 0 Å². The summed E-state index contributed by atoms with van der Waals surface area (Å²) >= 11 is 0. The van der Waals surface area contributed by atoms with Gasteiger partial charge in [-0.15, -0.1) is 0 Å². The number of phenolic OH excluding ortho intramolecular Hbond substituents is 2. The van der Waals surface area contributed by atoms with E-state index in [0.717, 1.165) is 6.42 Å². The zero-order valence-corrected chi connectivity index (χ0v) is 11.3. The quantitative estimate of drug-likeness (QED) is 0.816. The summed E-state index contributed by atoms with van der Waals surface area (Å²) in [5, 5.41) is 19.1. The van der Waals surface area contributed by atoms with Crippen molar-refractivity contribution in [1.29, 1.82) is 0 Å². The van der Waals surface area contributed by atoms with Crippen LogP contribution in [0, 0.1) is 0 Å². The van der Waals surface area contributed by atoms with Gasteiger partial charge >= 0.3 is 0 Å². The number of benzene rings is 2. The lowest BCUT2D eigenvalue weighted by Gasteiger charge is -2.06. The van der Waals surface area contributed by atoms with E-state index in [-0.39, 0.29) is 11.5 Å². The summed E-state index contributed by atoms with van der Waals surface area (Å²) in [6, 6.07) is 11.7. The fraction of sp³-hybridized carbons (Fsp3) is 0.188. The lowest BCUT2D eigenvalue weighted by atomic mass is 10.2. The van der Waals surface area contributed by atoms with E-state index in [4.69, 9.17) is 4.74 Å². The van der Waals surface area contributed by atoms with E-state index < -0.39 is 0 Å². The van der Waals surface area contributed by atoms with Crippen LogP contribution in [-0.2, 0) is 0 Å². The minimum Gasteiger partial charge on any atom is -0.508 e. The van der Waals surface area contributed by atoms with Gasteiger partial charge in [-0.1, -0.05) is 6.92 Å². The maximum Gasteiger partial charge on any atom is 0.128 e. The van der Waals surface area contributed by atoms with Gasteiger partial charge in [0.2, 0.25) is 0 Å². The number of phenols is 2. The molecule has 2 N–H and O–H groups in total. The standard InChI is InChI=1S/C16H17NO3/c1-2-9-20-15-8-3-12(16(19)10-15)11-17-13-4-6-14(18)7-5-13/h3-8,10-11,18-19H,2,9H2,1H3. The van der Waals surface area contributed by atoms with Gasteiger partial charge in [-0.05, 0) is 42.8 Å². The third kappa shape index (κ3) is 3.75. The molecular weight excluding hydrogens is 254 g/mol. The van der Waals surface area contributed by atoms with Gasteiger partial charge < -0.3 is 14.9 Å². The highest BCUT2D eigenvalue weighted by Crippen LogP contribution is 2.23. The van der Waals surface area contributed by atoms with Gasteiger partial charge in [0, 0.05) is 17.8 Å². The van der Waals surface area contributed by atoms with Crippen LogP contribution >= 0.6 is 0 Å². The molecule has 4 heteroatoms. The van der Waals surface area contributed by atoms with Crippen molar-refractivity contribution in [2.24, 2.45) is 4.99 Å². The van der Waals surface area contributed by atoms with Crippen molar-refractivity contribution in [2.45, 2.75) is 13.3 Å². The molecule has 2 rings (SSSR count). The van der Waals surface area contributed by atoms with Gasteiger partial charge in [0.15, 0.2) is 0 Å². The Morgan fingerprint density at radius 2 is 1.85 bits per heavy atom. The summed E-state index contributed by atoms with van der Waals surface area (Å²) in [5.41, 5.74) is 1.32. The Bertz CT molecular complexity index is 591. The van der Waals surface area contributed by atoms with E-state index in [1.54, 1.807) is 48.7 Å². The third-order valence-corrected chi connectivity index (χ3v) is 2.68. The Labute approximate surface area is 118 Å². The molecule has 0 heterocycles. The molecule has 0 unspecified atom stereocenters. The first-order chi connectivity index (χ1) is 9.69. The van der Waals surface area contributed by atoms with E-state index >= 15 is 0 Å². The Morgan fingerprint density at radius 3 is 2.50 bits per heavy atom. The molecule has 0 aliphatic rings. The van der Waals surface area contributed by atoms with Crippen LogP contribution in [0.1, 0.15) is 18.9 Å². The summed E-state index contributed by atoms with van der Waals surface area (Å²) in [6.07, 6.45) is 2.50. The second-order valence-corrected chi connectivity index (χ2v) is 4.34. The summed E-state index contributed by atoms with van der Waals surface area (Å²) in [5.74, 6) is 0.969. The molecule has 0 bridgehead atoms. The Kier molecular flexibility index (Phi) is 4.60. The Balaban J connectivity index is 2.11. The normalized spacial score (nSPS) is 10.8. The molecule has 0 aliphatic heterocycles. The Morgan fingerprint density at radius 1 is 1.10 bits per heavy atom. The molecule has 104 valence electrons. The van der Waals surface area contributed by atoms with Crippen LogP contribution in [0.2, 0.25) is 0 Å². The maximum atomic E-state index is 9.90. The van der Waals surface area contributed by atoms with Gasteiger partial charge in [0.1, 0.15) is 17.2 Å². The van der Waals surface area contributed by atoms with Crippen LogP contribution < -0.4 is 4.74 Å². The molecule has 0 fully saturated rings. The highest BCUT2D eigenvalue weighted by Gasteiger charge is 2.01. The molecule has 0 spiro atoms. The first kappa shape index (κ1) is 13.9. The zero-order chi connectivity index (χ0) is 14.4. The molecule has 2 aromatic carbocycles. The lowest BCUT2D eigenvalue weighted by molar-refractivity contribution is 0.315. The minimum absolute atomic E-state index is 0.126. The second-order valence-electron chi connectivity index (χ2n) is 4.34. The van der Waals surface area contributed by atoms with E-state index in [0.29, 0.717) is 23.6 Å². The molecule has 0 radical (unpaired) electrons. The van der Waals surface area contributed by atoms with Crippen molar-refractivity contribution in [2.75, 3.05) is 6.61 Å². The van der Waals surface area contributed by atoms with E-state index in [1.165, 1.54) is 0 Å². The average molecular weight is 271 g/mol. The largest absolute Gasteiger partial charge is 0.508 e. The number of rotatable bonds is 5. The van der Waals surface area contributed by atoms with Gasteiger partial charge in [0.05, 0.1) is 12.3 Å². The number of aromatic hydroxyl groups is 2. The van der Waals surface area contributed by atoms with Gasteiger partial charge in [0.25, 0.3) is 0 Å². The number of hydrogen-bond acceptors (Lipinski definition) is 4. The maximum absolute atomic E-state index is 9.90. The molecule has 0 saturated heterocycles. The molecule has 4 nitrogen and oxygen atoms in total. The average Bonchev–Trinajstić information content (AvgIpc) is 2.46. The minimum atomic E-state index is 0.126. The topological polar surface area (TPSA) is 62.0 Å². The molecule has 0 amide bonds. The molecular formula is C16H17NO3. The number of aliphatic imine (C=N–C) groups is 1. The fourth-order valence-corrected chi connectivity index (χ4v) is 1.63. The van der Waals surface area contributed by atoms with Gasteiger partial charge in [-0.3, -0.25) is 4.99 Å². The predicted octanol–water partition coefficient (Wildman–Crippen LogP) is 3.64. The van der Waals surface area contributed by atoms with Crippen molar-refractivity contribution >= 4 is 11.9 Å². The van der Waals surface area contributed by atoms with Crippen LogP contribution in [-0.4, -0.2) is 23.0 Å². The molecule has 0 saturated carbocycles. The summed E-state index contributed by atoms with van der Waals surface area (Å²) in [7, 11) is 0. The van der Waals surface area contributed by atoms with Gasteiger partial charge in [-0.25, -0.2) is 0 Å². The van der Waals surface area contributed by atoms with Crippen molar-refractivity contribution in [3.8, 4) is 17.2 Å². The lowest BCUT2D eigenvalue weighted by Crippen LogP contribution is -1.95. The van der Waals surface area contributed by atoms with Crippen LogP contribution in [0.4, 0.5) is 5.69 Å². The molecule has 2 aromatic rings. The highest BCUT2D eigenvalue weighted by molar-refractivity contribution is 5.85. The number of hydrogen-bond donors (Lipinski definition) is 2. The Hall–Kier alpha value is -2.49. The fourth-order valence-electron chi connectivity index (χ4n) is 1.63. The SMILES string of the molecule is CCCOc1ccc(C=Nc2ccc(O)cc2)c(O)c1. The van der Waals surface area contributed by atoms with E-state index in [1.807, 2.05) is 6.92 Å². The zero-order valence-electron chi connectivity index (χ0n) is 11.3. The molecule has 0 atom stereocenters. The van der Waals surface area contributed by atoms with E-state index in [2.05, 4.69) is 4.99 Å². The van der Waals surface area contributed by atoms with Crippen molar-refractivity contribution in [3.63, 3.8) is 0 Å². The smallest absolute Gasteiger partial charge is 0.128 e. The molecule has 20 heavy (non-hydrogen) atoms. The third-order valence-electron chi connectivity index (χ3n) is 2.68.